The third-order valence-electron chi connectivity index (χ3n) is 2.33. The Hall–Kier alpha value is -1.66. The van der Waals surface area contributed by atoms with Crippen LogP contribution in [0.2, 0.25) is 0 Å². The number of thioether (sulfide) groups is 1. The molecule has 0 N–H and O–H groups in total. The van der Waals surface area contributed by atoms with Gasteiger partial charge in [-0.25, -0.2) is 9.97 Å². The summed E-state index contributed by atoms with van der Waals surface area (Å²) < 4.78 is 0. The lowest BCUT2D eigenvalue weighted by Crippen LogP contribution is -2.05. The summed E-state index contributed by atoms with van der Waals surface area (Å²) in [6.07, 6.45) is 3.51. The average Bonchev–Trinajstić information content (AvgIpc) is 2.91. The number of carbonyl (C=O) groups excluding carboxylic acids is 1. The number of allylic oxidation sites excluding steroid dienone is 1. The van der Waals surface area contributed by atoms with E-state index in [1.165, 1.54) is 11.8 Å². The first kappa shape index (κ1) is 14.7. The van der Waals surface area contributed by atoms with Crippen molar-refractivity contribution in [2.24, 2.45) is 0 Å². The molecule has 0 fully saturated rings. The number of aromatic nitrogens is 2. The fraction of sp³-hybridized carbons (Fsp3) is 0.214. The van der Waals surface area contributed by atoms with E-state index in [0.29, 0.717) is 10.1 Å². The molecule has 2 rings (SSSR count). The van der Waals surface area contributed by atoms with E-state index in [1.807, 2.05) is 42.6 Å². The first-order valence-corrected chi connectivity index (χ1v) is 7.70. The smallest absolute Gasteiger partial charge is 0.193 e. The maximum Gasteiger partial charge on any atom is 0.193 e. The molecule has 4 nitrogen and oxygen atoms in total. The molecule has 0 aliphatic rings. The van der Waals surface area contributed by atoms with E-state index >= 15 is 0 Å². The molecule has 2 heterocycles. The third kappa shape index (κ3) is 3.91. The molecule has 0 unspecified atom stereocenters. The van der Waals surface area contributed by atoms with Crippen LogP contribution in [-0.4, -0.2) is 34.7 Å². The predicted octanol–water partition coefficient (Wildman–Crippen LogP) is 3.29. The second kappa shape index (κ2) is 6.67. The fourth-order valence-corrected chi connectivity index (χ4v) is 3.03. The number of ketones is 1. The first-order chi connectivity index (χ1) is 9.56. The summed E-state index contributed by atoms with van der Waals surface area (Å²) in [5.41, 5.74) is 0.880. The zero-order valence-electron chi connectivity index (χ0n) is 11.5. The number of nitrogens with zero attached hydrogens (tertiary/aromatic N) is 3. The van der Waals surface area contributed by atoms with Crippen molar-refractivity contribution < 1.29 is 4.79 Å². The van der Waals surface area contributed by atoms with Crippen molar-refractivity contribution in [2.75, 3.05) is 14.1 Å². The maximum atomic E-state index is 11.6. The Labute approximate surface area is 126 Å². The summed E-state index contributed by atoms with van der Waals surface area (Å²) >= 11 is 2.92. The fourth-order valence-electron chi connectivity index (χ4n) is 1.47. The number of Topliss-reactive ketones (excluding diaryl/α,β-unsaturated/α-hetero) is 1. The lowest BCUT2D eigenvalue weighted by molar-refractivity contribution is -0.113. The third-order valence-corrected chi connectivity index (χ3v) is 4.22. The van der Waals surface area contributed by atoms with Gasteiger partial charge in [-0.1, -0.05) is 6.07 Å². The minimum absolute atomic E-state index is 0.00817. The van der Waals surface area contributed by atoms with Crippen LogP contribution in [0.1, 0.15) is 6.92 Å². The number of hydrogen-bond acceptors (Lipinski definition) is 6. The van der Waals surface area contributed by atoms with Crippen LogP contribution in [0.3, 0.4) is 0 Å². The molecule has 0 atom stereocenters. The maximum absolute atomic E-state index is 11.6. The molecule has 6 heteroatoms. The summed E-state index contributed by atoms with van der Waals surface area (Å²) in [7, 11) is 3.76. The zero-order valence-corrected chi connectivity index (χ0v) is 13.2. The topological polar surface area (TPSA) is 46.1 Å². The molecule has 0 aliphatic carbocycles. The van der Waals surface area contributed by atoms with Gasteiger partial charge in [0.25, 0.3) is 0 Å². The average molecular weight is 305 g/mol. The summed E-state index contributed by atoms with van der Waals surface area (Å²) in [6, 6.07) is 5.88. The van der Waals surface area contributed by atoms with Crippen molar-refractivity contribution in [3.05, 3.63) is 40.9 Å². The molecule has 2 aromatic heterocycles. The molecule has 0 saturated carbocycles. The Kier molecular flexibility index (Phi) is 4.92. The Balaban J connectivity index is 2.25. The number of thiophene rings is 1. The van der Waals surface area contributed by atoms with Crippen LogP contribution < -0.4 is 0 Å². The van der Waals surface area contributed by atoms with Gasteiger partial charge in [0.15, 0.2) is 10.9 Å². The van der Waals surface area contributed by atoms with Gasteiger partial charge in [0.2, 0.25) is 0 Å². The van der Waals surface area contributed by atoms with Gasteiger partial charge in [0, 0.05) is 26.5 Å². The highest BCUT2D eigenvalue weighted by molar-refractivity contribution is 8.03. The van der Waals surface area contributed by atoms with Crippen LogP contribution >= 0.6 is 23.1 Å². The van der Waals surface area contributed by atoms with Crippen LogP contribution in [0.5, 0.6) is 0 Å². The van der Waals surface area contributed by atoms with Gasteiger partial charge in [-0.2, -0.15) is 0 Å². The summed E-state index contributed by atoms with van der Waals surface area (Å²) in [6.45, 7) is 1.55. The molecule has 0 saturated heterocycles. The van der Waals surface area contributed by atoms with E-state index in [4.69, 9.17) is 0 Å². The molecule has 0 spiro atoms. The van der Waals surface area contributed by atoms with E-state index in [0.717, 1.165) is 10.6 Å². The highest BCUT2D eigenvalue weighted by Crippen LogP contribution is 2.28. The van der Waals surface area contributed by atoms with Crippen molar-refractivity contribution in [3.63, 3.8) is 0 Å². The Morgan fingerprint density at radius 3 is 2.80 bits per heavy atom. The number of rotatable bonds is 5. The van der Waals surface area contributed by atoms with Crippen molar-refractivity contribution in [2.45, 2.75) is 12.1 Å². The molecule has 0 radical (unpaired) electrons. The largest absolute Gasteiger partial charge is 0.382 e. The Bertz CT molecular complexity index is 621. The highest BCUT2D eigenvalue weighted by Gasteiger charge is 2.10. The number of hydrogen-bond donors (Lipinski definition) is 0. The monoisotopic (exact) mass is 305 g/mol. The van der Waals surface area contributed by atoms with Crippen LogP contribution in [0.15, 0.2) is 46.0 Å². The molecule has 0 bridgehead atoms. The number of carbonyl (C=O) groups is 1. The Morgan fingerprint density at radius 1 is 1.40 bits per heavy atom. The molecular formula is C14H15N3OS2. The second-order valence-corrected chi connectivity index (χ2v) is 6.27. The SMILES string of the molecule is CC(=O)/C(=C\N(C)C)Sc1nccc(-c2cccs2)n1. The molecule has 104 valence electrons. The van der Waals surface area contributed by atoms with Crippen molar-refractivity contribution in [1.29, 1.82) is 0 Å². The van der Waals surface area contributed by atoms with Gasteiger partial charge >= 0.3 is 0 Å². The molecule has 2 aromatic rings. The second-order valence-electron chi connectivity index (χ2n) is 4.32. The van der Waals surface area contributed by atoms with Gasteiger partial charge in [-0.15, -0.1) is 11.3 Å². The first-order valence-electron chi connectivity index (χ1n) is 6.00. The molecular weight excluding hydrogens is 290 g/mol. The van der Waals surface area contributed by atoms with Gasteiger partial charge in [0.05, 0.1) is 15.5 Å². The van der Waals surface area contributed by atoms with Crippen LogP contribution in [0, 0.1) is 0 Å². The van der Waals surface area contributed by atoms with E-state index < -0.39 is 0 Å². The van der Waals surface area contributed by atoms with Crippen molar-refractivity contribution in [3.8, 4) is 10.6 Å². The zero-order chi connectivity index (χ0) is 14.5. The van der Waals surface area contributed by atoms with E-state index in [-0.39, 0.29) is 5.78 Å². The van der Waals surface area contributed by atoms with Gasteiger partial charge in [-0.05, 0) is 36.2 Å². The summed E-state index contributed by atoms with van der Waals surface area (Å²) in [4.78, 5) is 23.9. The Morgan fingerprint density at radius 2 is 2.20 bits per heavy atom. The van der Waals surface area contributed by atoms with E-state index in [2.05, 4.69) is 9.97 Å². The minimum Gasteiger partial charge on any atom is -0.382 e. The van der Waals surface area contributed by atoms with E-state index in [9.17, 15) is 4.79 Å². The van der Waals surface area contributed by atoms with Gasteiger partial charge < -0.3 is 4.90 Å². The summed E-state index contributed by atoms with van der Waals surface area (Å²) in [5, 5.41) is 2.59. The predicted molar refractivity (Wildman–Crippen MR) is 83.7 cm³/mol. The van der Waals surface area contributed by atoms with Crippen molar-refractivity contribution >= 4 is 28.9 Å². The van der Waals surface area contributed by atoms with Crippen LogP contribution in [0.25, 0.3) is 10.6 Å². The minimum atomic E-state index is 0.00817. The molecule has 20 heavy (non-hydrogen) atoms. The molecule has 0 aromatic carbocycles. The lowest BCUT2D eigenvalue weighted by Gasteiger charge is -2.08. The van der Waals surface area contributed by atoms with Gasteiger partial charge in [0.1, 0.15) is 0 Å². The standard InChI is InChI=1S/C14H15N3OS2/c1-10(18)13(9-17(2)3)20-14-15-7-6-11(16-14)12-5-4-8-19-12/h4-9H,1-3H3/b13-9+. The highest BCUT2D eigenvalue weighted by atomic mass is 32.2. The quantitative estimate of drug-likeness (QED) is 0.482. The van der Waals surface area contributed by atoms with Crippen molar-refractivity contribution in [1.82, 2.24) is 14.9 Å². The van der Waals surface area contributed by atoms with Crippen LogP contribution in [0.4, 0.5) is 0 Å². The van der Waals surface area contributed by atoms with Crippen LogP contribution in [-0.2, 0) is 4.79 Å². The molecule has 0 amide bonds. The van der Waals surface area contributed by atoms with E-state index in [1.54, 1.807) is 30.7 Å². The summed E-state index contributed by atoms with van der Waals surface area (Å²) in [5.74, 6) is 0.00817. The normalized spacial score (nSPS) is 11.4. The lowest BCUT2D eigenvalue weighted by atomic mass is 10.3. The molecule has 0 aliphatic heterocycles. The van der Waals surface area contributed by atoms with Gasteiger partial charge in [-0.3, -0.25) is 4.79 Å².